The van der Waals surface area contributed by atoms with E-state index < -0.39 is 0 Å². The van der Waals surface area contributed by atoms with Crippen LogP contribution in [0.4, 0.5) is 0 Å². The molecule has 0 radical (unpaired) electrons. The van der Waals surface area contributed by atoms with E-state index in [2.05, 4.69) is 9.97 Å². The molecule has 0 bridgehead atoms. The maximum Gasteiger partial charge on any atom is 0.322 e. The summed E-state index contributed by atoms with van der Waals surface area (Å²) in [5.41, 5.74) is 8.22. The van der Waals surface area contributed by atoms with Gasteiger partial charge in [0.25, 0.3) is 0 Å². The van der Waals surface area contributed by atoms with Crippen LogP contribution in [0.25, 0.3) is 0 Å². The number of aromatic nitrogens is 2. The van der Waals surface area contributed by atoms with Crippen molar-refractivity contribution in [2.75, 3.05) is 0 Å². The molecule has 1 aromatic heterocycles. The number of nitrogens with two attached hydrogens (primary N) is 1. The van der Waals surface area contributed by atoms with Crippen molar-refractivity contribution >= 4 is 17.2 Å². The van der Waals surface area contributed by atoms with Gasteiger partial charge in [-0.15, -0.1) is 0 Å². The number of aryl methyl sites for hydroxylation is 2. The molecule has 0 aliphatic carbocycles. The van der Waals surface area contributed by atoms with Crippen LogP contribution in [0.2, 0.25) is 0 Å². The summed E-state index contributed by atoms with van der Waals surface area (Å²) < 4.78 is 5.62. The van der Waals surface area contributed by atoms with Crippen molar-refractivity contribution in [3.63, 3.8) is 0 Å². The van der Waals surface area contributed by atoms with Gasteiger partial charge in [0.15, 0.2) is 0 Å². The van der Waals surface area contributed by atoms with E-state index in [0.717, 1.165) is 11.3 Å². The first-order valence-electron chi connectivity index (χ1n) is 5.44. The lowest BCUT2D eigenvalue weighted by molar-refractivity contribution is 0.438. The number of benzene rings is 1. The Morgan fingerprint density at radius 1 is 1.28 bits per heavy atom. The van der Waals surface area contributed by atoms with E-state index in [0.29, 0.717) is 5.69 Å². The molecule has 18 heavy (non-hydrogen) atoms. The third-order valence-electron chi connectivity index (χ3n) is 2.42. The Balaban J connectivity index is 2.28. The molecule has 2 rings (SSSR count). The van der Waals surface area contributed by atoms with Gasteiger partial charge >= 0.3 is 6.01 Å². The predicted octanol–water partition coefficient (Wildman–Crippen LogP) is 2.52. The fourth-order valence-electron chi connectivity index (χ4n) is 1.54. The Morgan fingerprint density at radius 2 is 2.06 bits per heavy atom. The van der Waals surface area contributed by atoms with Crippen LogP contribution in [0.1, 0.15) is 16.8 Å². The van der Waals surface area contributed by atoms with Crippen LogP contribution in [0.3, 0.4) is 0 Å². The Kier molecular flexibility index (Phi) is 3.53. The molecule has 0 spiro atoms. The largest absolute Gasteiger partial charge is 0.424 e. The Labute approximate surface area is 111 Å². The van der Waals surface area contributed by atoms with Crippen molar-refractivity contribution in [2.24, 2.45) is 5.73 Å². The molecule has 4 nitrogen and oxygen atoms in total. The van der Waals surface area contributed by atoms with Crippen molar-refractivity contribution in [3.8, 4) is 11.8 Å². The van der Waals surface area contributed by atoms with Crippen molar-refractivity contribution < 1.29 is 4.74 Å². The summed E-state index contributed by atoms with van der Waals surface area (Å²) in [6, 6.07) is 7.79. The molecule has 5 heteroatoms. The standard InChI is InChI=1S/C13H13N3OS/c1-8-3-4-11(9(2)7-8)17-13-15-6-5-10(16-13)12(14)18/h3-7H,1-2H3,(H2,14,18). The van der Waals surface area contributed by atoms with Crippen LogP contribution in [-0.4, -0.2) is 15.0 Å². The fourth-order valence-corrected chi connectivity index (χ4v) is 1.65. The van der Waals surface area contributed by atoms with E-state index in [1.807, 2.05) is 32.0 Å². The van der Waals surface area contributed by atoms with Gasteiger partial charge in [0.1, 0.15) is 16.4 Å². The SMILES string of the molecule is Cc1ccc(Oc2nccc(C(N)=S)n2)c(C)c1. The van der Waals surface area contributed by atoms with Crippen LogP contribution >= 0.6 is 12.2 Å². The Morgan fingerprint density at radius 3 is 2.72 bits per heavy atom. The smallest absolute Gasteiger partial charge is 0.322 e. The second kappa shape index (κ2) is 5.10. The van der Waals surface area contributed by atoms with Gasteiger partial charge in [0, 0.05) is 6.20 Å². The summed E-state index contributed by atoms with van der Waals surface area (Å²) in [7, 11) is 0. The Hall–Kier alpha value is -2.01. The lowest BCUT2D eigenvalue weighted by atomic mass is 10.1. The van der Waals surface area contributed by atoms with Crippen molar-refractivity contribution in [3.05, 3.63) is 47.3 Å². The molecular formula is C13H13N3OS. The molecule has 92 valence electrons. The van der Waals surface area contributed by atoms with Gasteiger partial charge in [0.2, 0.25) is 0 Å². The van der Waals surface area contributed by atoms with Gasteiger partial charge in [-0.25, -0.2) is 4.98 Å². The minimum absolute atomic E-state index is 0.225. The summed E-state index contributed by atoms with van der Waals surface area (Å²) in [5, 5.41) is 0. The molecule has 0 atom stereocenters. The maximum absolute atomic E-state index is 5.62. The average molecular weight is 259 g/mol. The van der Waals surface area contributed by atoms with Gasteiger partial charge in [-0.05, 0) is 31.5 Å². The van der Waals surface area contributed by atoms with Crippen molar-refractivity contribution in [1.82, 2.24) is 9.97 Å². The van der Waals surface area contributed by atoms with Gasteiger partial charge in [-0.3, -0.25) is 0 Å². The number of thiocarbonyl (C=S) groups is 1. The summed E-state index contributed by atoms with van der Waals surface area (Å²) in [6.45, 7) is 4.00. The zero-order valence-electron chi connectivity index (χ0n) is 10.2. The maximum atomic E-state index is 5.62. The van der Waals surface area contributed by atoms with E-state index in [1.54, 1.807) is 12.3 Å². The number of ether oxygens (including phenoxy) is 1. The summed E-state index contributed by atoms with van der Waals surface area (Å²) in [4.78, 5) is 8.39. The molecule has 0 saturated carbocycles. The normalized spacial score (nSPS) is 10.1. The van der Waals surface area contributed by atoms with Crippen molar-refractivity contribution in [2.45, 2.75) is 13.8 Å². The molecule has 0 amide bonds. The highest BCUT2D eigenvalue weighted by atomic mass is 32.1. The number of hydrogen-bond donors (Lipinski definition) is 1. The molecular weight excluding hydrogens is 246 g/mol. The Bertz CT molecular complexity index is 599. The average Bonchev–Trinajstić information content (AvgIpc) is 2.33. The minimum atomic E-state index is 0.225. The van der Waals surface area contributed by atoms with Crippen LogP contribution in [-0.2, 0) is 0 Å². The third kappa shape index (κ3) is 2.81. The molecule has 2 N–H and O–H groups in total. The predicted molar refractivity (Wildman–Crippen MR) is 73.9 cm³/mol. The van der Waals surface area contributed by atoms with Crippen molar-refractivity contribution in [1.29, 1.82) is 0 Å². The third-order valence-corrected chi connectivity index (χ3v) is 2.63. The highest BCUT2D eigenvalue weighted by molar-refractivity contribution is 7.80. The number of hydrogen-bond acceptors (Lipinski definition) is 4. The molecule has 0 aliphatic rings. The first kappa shape index (κ1) is 12.4. The molecule has 2 aromatic rings. The molecule has 1 aromatic carbocycles. The summed E-state index contributed by atoms with van der Waals surface area (Å²) in [5.74, 6) is 0.723. The van der Waals surface area contributed by atoms with Crippen LogP contribution in [0.15, 0.2) is 30.5 Å². The second-order valence-electron chi connectivity index (χ2n) is 3.96. The lowest BCUT2D eigenvalue weighted by Gasteiger charge is -2.08. The summed E-state index contributed by atoms with van der Waals surface area (Å²) in [6.07, 6.45) is 1.57. The quantitative estimate of drug-likeness (QED) is 0.858. The van der Waals surface area contributed by atoms with Gasteiger partial charge < -0.3 is 10.5 Å². The molecule has 0 fully saturated rings. The van der Waals surface area contributed by atoms with E-state index >= 15 is 0 Å². The van der Waals surface area contributed by atoms with E-state index in [4.69, 9.17) is 22.7 Å². The van der Waals surface area contributed by atoms with Crippen LogP contribution < -0.4 is 10.5 Å². The number of rotatable bonds is 3. The first-order valence-corrected chi connectivity index (χ1v) is 5.85. The molecule has 0 aliphatic heterocycles. The molecule has 0 unspecified atom stereocenters. The van der Waals surface area contributed by atoms with E-state index in [9.17, 15) is 0 Å². The highest BCUT2D eigenvalue weighted by Crippen LogP contribution is 2.23. The fraction of sp³-hybridized carbons (Fsp3) is 0.154. The van der Waals surface area contributed by atoms with Gasteiger partial charge in [0.05, 0.1) is 0 Å². The number of nitrogens with zero attached hydrogens (tertiary/aromatic N) is 2. The molecule has 1 heterocycles. The second-order valence-corrected chi connectivity index (χ2v) is 4.40. The lowest BCUT2D eigenvalue weighted by Crippen LogP contribution is -2.12. The minimum Gasteiger partial charge on any atom is -0.424 e. The highest BCUT2D eigenvalue weighted by Gasteiger charge is 2.06. The van der Waals surface area contributed by atoms with Gasteiger partial charge in [-0.2, -0.15) is 4.98 Å². The zero-order chi connectivity index (χ0) is 13.1. The van der Waals surface area contributed by atoms with E-state index in [1.165, 1.54) is 5.56 Å². The molecule has 0 saturated heterocycles. The van der Waals surface area contributed by atoms with Crippen LogP contribution in [0.5, 0.6) is 11.8 Å². The van der Waals surface area contributed by atoms with Crippen LogP contribution in [0, 0.1) is 13.8 Å². The van der Waals surface area contributed by atoms with Gasteiger partial charge in [-0.1, -0.05) is 29.9 Å². The van der Waals surface area contributed by atoms with E-state index in [-0.39, 0.29) is 11.0 Å². The topological polar surface area (TPSA) is 61.0 Å². The summed E-state index contributed by atoms with van der Waals surface area (Å²) >= 11 is 4.86. The first-order chi connectivity index (χ1) is 8.56. The monoisotopic (exact) mass is 259 g/mol. The zero-order valence-corrected chi connectivity index (χ0v) is 11.0.